The molecule has 2 fully saturated rings. The second-order valence-corrected chi connectivity index (χ2v) is 7.09. The topological polar surface area (TPSA) is 66.4 Å². The van der Waals surface area contributed by atoms with Gasteiger partial charge in [-0.2, -0.15) is 0 Å². The summed E-state index contributed by atoms with van der Waals surface area (Å²) in [5.41, 5.74) is 1.48. The van der Waals surface area contributed by atoms with Crippen molar-refractivity contribution in [3.63, 3.8) is 0 Å². The molecule has 0 saturated heterocycles. The Morgan fingerprint density at radius 2 is 1.77 bits per heavy atom. The fraction of sp³-hybridized carbons (Fsp3) is 0.556. The van der Waals surface area contributed by atoms with Crippen LogP contribution in [0.5, 0.6) is 0 Å². The zero-order valence-electron chi connectivity index (χ0n) is 12.9. The van der Waals surface area contributed by atoms with Gasteiger partial charge in [0.05, 0.1) is 5.92 Å². The normalized spacial score (nSPS) is 34.0. The molecule has 2 atom stereocenters. The first-order valence-electron chi connectivity index (χ1n) is 8.07. The number of amides is 1. The summed E-state index contributed by atoms with van der Waals surface area (Å²) in [5, 5.41) is 12.1. The lowest BCUT2D eigenvalue weighted by atomic mass is 9.63. The lowest BCUT2D eigenvalue weighted by Gasteiger charge is -2.46. The van der Waals surface area contributed by atoms with Crippen LogP contribution in [0.15, 0.2) is 30.3 Å². The van der Waals surface area contributed by atoms with Crippen LogP contribution in [0.4, 0.5) is 0 Å². The molecular formula is C18H23NO3. The average Bonchev–Trinajstić information content (AvgIpc) is 2.96. The van der Waals surface area contributed by atoms with E-state index in [9.17, 15) is 9.59 Å². The number of nitrogens with one attached hydrogen (secondary N) is 1. The van der Waals surface area contributed by atoms with E-state index < -0.39 is 5.97 Å². The van der Waals surface area contributed by atoms with E-state index in [1.54, 1.807) is 0 Å². The summed E-state index contributed by atoms with van der Waals surface area (Å²) < 4.78 is 0. The minimum Gasteiger partial charge on any atom is -0.481 e. The Morgan fingerprint density at radius 1 is 1.14 bits per heavy atom. The molecule has 0 heterocycles. The van der Waals surface area contributed by atoms with E-state index in [1.807, 2.05) is 6.07 Å². The smallest absolute Gasteiger partial charge is 0.306 e. The Hall–Kier alpha value is -1.84. The summed E-state index contributed by atoms with van der Waals surface area (Å²) in [7, 11) is 0. The van der Waals surface area contributed by atoms with E-state index in [1.165, 1.54) is 5.56 Å². The fourth-order valence-electron chi connectivity index (χ4n) is 3.97. The van der Waals surface area contributed by atoms with Crippen molar-refractivity contribution in [1.82, 2.24) is 5.32 Å². The van der Waals surface area contributed by atoms with Gasteiger partial charge in [-0.25, -0.2) is 0 Å². The molecule has 3 rings (SSSR count). The van der Waals surface area contributed by atoms with Gasteiger partial charge in [0, 0.05) is 12.0 Å². The molecule has 1 amide bonds. The summed E-state index contributed by atoms with van der Waals surface area (Å²) >= 11 is 0. The molecule has 0 unspecified atom stereocenters. The maximum absolute atomic E-state index is 12.3. The highest BCUT2D eigenvalue weighted by Gasteiger charge is 2.43. The number of carbonyl (C=O) groups is 2. The molecule has 118 valence electrons. The molecular weight excluding hydrogens is 278 g/mol. The van der Waals surface area contributed by atoms with Crippen LogP contribution in [0, 0.1) is 11.8 Å². The van der Waals surface area contributed by atoms with Crippen LogP contribution in [0.1, 0.15) is 44.6 Å². The molecule has 0 spiro atoms. The van der Waals surface area contributed by atoms with E-state index in [2.05, 4.69) is 36.5 Å². The first-order valence-corrected chi connectivity index (χ1v) is 8.07. The lowest BCUT2D eigenvalue weighted by Crippen LogP contribution is -2.52. The molecule has 4 heteroatoms. The summed E-state index contributed by atoms with van der Waals surface area (Å²) in [6, 6.07) is 10.6. The molecule has 2 saturated carbocycles. The molecule has 0 radical (unpaired) electrons. The number of benzene rings is 1. The van der Waals surface area contributed by atoms with Gasteiger partial charge >= 0.3 is 5.97 Å². The SMILES string of the molecule is CC1(c2ccccc2)CC(NC(=O)[C@@H]2CC[C@H](C(=O)O)C2)C1. The van der Waals surface area contributed by atoms with E-state index in [0.717, 1.165) is 12.8 Å². The number of hydrogen-bond donors (Lipinski definition) is 2. The third-order valence-corrected chi connectivity index (χ3v) is 5.36. The van der Waals surface area contributed by atoms with Crippen LogP contribution in [0.25, 0.3) is 0 Å². The zero-order chi connectivity index (χ0) is 15.7. The third-order valence-electron chi connectivity index (χ3n) is 5.36. The fourth-order valence-corrected chi connectivity index (χ4v) is 3.97. The minimum atomic E-state index is -0.768. The van der Waals surface area contributed by atoms with Gasteiger partial charge in [0.2, 0.25) is 5.91 Å². The maximum Gasteiger partial charge on any atom is 0.306 e. The Labute approximate surface area is 130 Å². The van der Waals surface area contributed by atoms with Gasteiger partial charge in [0.25, 0.3) is 0 Å². The number of carboxylic acids is 1. The molecule has 1 aromatic rings. The van der Waals surface area contributed by atoms with Crippen molar-refractivity contribution < 1.29 is 14.7 Å². The van der Waals surface area contributed by atoms with Gasteiger partial charge in [-0.3, -0.25) is 9.59 Å². The minimum absolute atomic E-state index is 0.0452. The second-order valence-electron chi connectivity index (χ2n) is 7.09. The van der Waals surface area contributed by atoms with Crippen LogP contribution < -0.4 is 5.32 Å². The van der Waals surface area contributed by atoms with E-state index >= 15 is 0 Å². The highest BCUT2D eigenvalue weighted by Crippen LogP contribution is 2.43. The van der Waals surface area contributed by atoms with Gasteiger partial charge in [0.1, 0.15) is 0 Å². The molecule has 2 aliphatic rings. The summed E-state index contributed by atoms with van der Waals surface area (Å²) in [6.45, 7) is 2.24. The molecule has 2 aliphatic carbocycles. The monoisotopic (exact) mass is 301 g/mol. The second kappa shape index (κ2) is 5.75. The van der Waals surface area contributed by atoms with Crippen LogP contribution in [0.3, 0.4) is 0 Å². The van der Waals surface area contributed by atoms with Crippen molar-refractivity contribution in [2.24, 2.45) is 11.8 Å². The van der Waals surface area contributed by atoms with Crippen LogP contribution in [-0.4, -0.2) is 23.0 Å². The molecule has 4 nitrogen and oxygen atoms in total. The van der Waals surface area contributed by atoms with Gasteiger partial charge in [0.15, 0.2) is 0 Å². The van der Waals surface area contributed by atoms with Gasteiger partial charge < -0.3 is 10.4 Å². The number of carboxylic acid groups (broad SMARTS) is 1. The standard InChI is InChI=1S/C18H23NO3/c1-18(14-5-3-2-4-6-14)10-15(11-18)19-16(20)12-7-8-13(9-12)17(21)22/h2-6,12-13,15H,7-11H2,1H3,(H,19,20)(H,21,22)/t12-,13+,15?,18?/m1/s1. The summed E-state index contributed by atoms with van der Waals surface area (Å²) in [4.78, 5) is 23.2. The van der Waals surface area contributed by atoms with Crippen LogP contribution in [0.2, 0.25) is 0 Å². The Balaban J connectivity index is 1.50. The Kier molecular flexibility index (Phi) is 3.94. The van der Waals surface area contributed by atoms with E-state index in [4.69, 9.17) is 5.11 Å². The van der Waals surface area contributed by atoms with Crippen molar-refractivity contribution in [3.05, 3.63) is 35.9 Å². The Bertz CT molecular complexity index is 563. The predicted molar refractivity (Wildman–Crippen MR) is 83.4 cm³/mol. The van der Waals surface area contributed by atoms with Crippen molar-refractivity contribution in [2.45, 2.75) is 50.5 Å². The van der Waals surface area contributed by atoms with Crippen molar-refractivity contribution in [2.75, 3.05) is 0 Å². The molecule has 22 heavy (non-hydrogen) atoms. The lowest BCUT2D eigenvalue weighted by molar-refractivity contribution is -0.141. The molecule has 2 N–H and O–H groups in total. The first kappa shape index (κ1) is 15.1. The van der Waals surface area contributed by atoms with Crippen LogP contribution in [-0.2, 0) is 15.0 Å². The highest BCUT2D eigenvalue weighted by atomic mass is 16.4. The molecule has 0 bridgehead atoms. The molecule has 0 aliphatic heterocycles. The number of hydrogen-bond acceptors (Lipinski definition) is 2. The third kappa shape index (κ3) is 2.87. The van der Waals surface area contributed by atoms with Gasteiger partial charge in [-0.15, -0.1) is 0 Å². The quantitative estimate of drug-likeness (QED) is 0.898. The van der Waals surface area contributed by atoms with Crippen molar-refractivity contribution in [1.29, 1.82) is 0 Å². The maximum atomic E-state index is 12.3. The van der Waals surface area contributed by atoms with E-state index in [0.29, 0.717) is 19.3 Å². The predicted octanol–water partition coefficient (Wildman–Crippen LogP) is 2.72. The van der Waals surface area contributed by atoms with Crippen LogP contribution >= 0.6 is 0 Å². The van der Waals surface area contributed by atoms with Gasteiger partial charge in [-0.1, -0.05) is 37.3 Å². The van der Waals surface area contributed by atoms with E-state index in [-0.39, 0.29) is 29.2 Å². The highest BCUT2D eigenvalue weighted by molar-refractivity contribution is 5.81. The Morgan fingerprint density at radius 3 is 2.36 bits per heavy atom. The zero-order valence-corrected chi connectivity index (χ0v) is 12.9. The largest absolute Gasteiger partial charge is 0.481 e. The number of aliphatic carboxylic acids is 1. The van der Waals surface area contributed by atoms with Crippen molar-refractivity contribution in [3.8, 4) is 0 Å². The average molecular weight is 301 g/mol. The number of rotatable bonds is 4. The summed E-state index contributed by atoms with van der Waals surface area (Å²) in [6.07, 6.45) is 3.73. The van der Waals surface area contributed by atoms with Gasteiger partial charge in [-0.05, 0) is 43.1 Å². The summed E-state index contributed by atoms with van der Waals surface area (Å²) in [5.74, 6) is -1.18. The van der Waals surface area contributed by atoms with Crippen molar-refractivity contribution >= 4 is 11.9 Å². The molecule has 1 aromatic carbocycles. The molecule has 0 aromatic heterocycles. The number of carbonyl (C=O) groups excluding carboxylic acids is 1. The first-order chi connectivity index (χ1) is 10.5.